The van der Waals surface area contributed by atoms with Gasteiger partial charge in [0.1, 0.15) is 18.2 Å². The standard InChI is InChI=1S/C30H48N2O3/c1-3-4-5-6-7-8-9-10-11-12-13-14-15-16-17-18-19-34-25-29(24-33)35-30-27(22-31)20-26(2)21-28(30)23-32/h20-21,29,33H,3-19,24-25H2,1-2H3. The molecule has 1 aromatic rings. The molecule has 0 spiro atoms. The molecule has 0 aliphatic carbocycles. The van der Waals surface area contributed by atoms with Crippen LogP contribution < -0.4 is 4.74 Å². The van der Waals surface area contributed by atoms with Crippen molar-refractivity contribution >= 4 is 0 Å². The summed E-state index contributed by atoms with van der Waals surface area (Å²) in [5.74, 6) is 0.227. The molecule has 0 amide bonds. The molecule has 1 aromatic carbocycles. The highest BCUT2D eigenvalue weighted by Crippen LogP contribution is 2.26. The summed E-state index contributed by atoms with van der Waals surface area (Å²) in [7, 11) is 0. The third kappa shape index (κ3) is 14.8. The Labute approximate surface area is 214 Å². The number of aliphatic hydroxyl groups is 1. The van der Waals surface area contributed by atoms with Crippen LogP contribution in [0.15, 0.2) is 12.1 Å². The zero-order valence-electron chi connectivity index (χ0n) is 22.3. The van der Waals surface area contributed by atoms with Gasteiger partial charge in [0.15, 0.2) is 5.75 Å². The molecule has 35 heavy (non-hydrogen) atoms. The third-order valence-corrected chi connectivity index (χ3v) is 6.41. The summed E-state index contributed by atoms with van der Waals surface area (Å²) in [5, 5.41) is 28.3. The van der Waals surface area contributed by atoms with Crippen molar-refractivity contribution in [2.24, 2.45) is 0 Å². The van der Waals surface area contributed by atoms with Crippen LogP contribution in [0, 0.1) is 29.6 Å². The molecule has 1 atom stereocenters. The maximum atomic E-state index is 9.64. The summed E-state index contributed by atoms with van der Waals surface area (Å²) in [6.07, 6.45) is 20.8. The van der Waals surface area contributed by atoms with E-state index in [1.165, 1.54) is 89.9 Å². The van der Waals surface area contributed by atoms with Crippen molar-refractivity contribution in [3.05, 3.63) is 28.8 Å². The first-order chi connectivity index (χ1) is 17.2. The van der Waals surface area contributed by atoms with E-state index >= 15 is 0 Å². The molecular formula is C30H48N2O3. The Morgan fingerprint density at radius 3 is 1.57 bits per heavy atom. The van der Waals surface area contributed by atoms with E-state index in [1.54, 1.807) is 12.1 Å². The summed E-state index contributed by atoms with van der Waals surface area (Å²) in [6.45, 7) is 4.73. The molecule has 196 valence electrons. The van der Waals surface area contributed by atoms with E-state index in [0.717, 1.165) is 18.4 Å². The van der Waals surface area contributed by atoms with Crippen molar-refractivity contribution in [1.29, 1.82) is 10.5 Å². The number of nitriles is 2. The molecule has 0 heterocycles. The summed E-state index contributed by atoms with van der Waals surface area (Å²) in [4.78, 5) is 0. The van der Waals surface area contributed by atoms with Gasteiger partial charge in [-0.25, -0.2) is 0 Å². The number of aryl methyl sites for hydroxylation is 1. The normalized spacial score (nSPS) is 11.7. The summed E-state index contributed by atoms with van der Waals surface area (Å²) < 4.78 is 11.5. The SMILES string of the molecule is CCCCCCCCCCCCCCCCCCOCC(CO)Oc1c(C#N)cc(C)cc1C#N. The number of ether oxygens (including phenoxy) is 2. The number of benzene rings is 1. The summed E-state index contributed by atoms with van der Waals surface area (Å²) in [5.41, 5.74) is 1.43. The lowest BCUT2D eigenvalue weighted by atomic mass is 10.0. The van der Waals surface area contributed by atoms with Gasteiger partial charge < -0.3 is 14.6 Å². The first-order valence-corrected chi connectivity index (χ1v) is 14.0. The van der Waals surface area contributed by atoms with Crippen molar-refractivity contribution in [1.82, 2.24) is 0 Å². The van der Waals surface area contributed by atoms with Crippen LogP contribution in [0.3, 0.4) is 0 Å². The molecule has 5 heteroatoms. The van der Waals surface area contributed by atoms with Crippen molar-refractivity contribution in [3.8, 4) is 17.9 Å². The molecule has 0 bridgehead atoms. The van der Waals surface area contributed by atoms with E-state index in [0.29, 0.717) is 17.7 Å². The van der Waals surface area contributed by atoms with Crippen LogP contribution in [-0.4, -0.2) is 31.0 Å². The Bertz CT molecular complexity index is 716. The first kappa shape index (κ1) is 31.0. The lowest BCUT2D eigenvalue weighted by Gasteiger charge is -2.19. The van der Waals surface area contributed by atoms with Gasteiger partial charge in [-0.05, 0) is 31.0 Å². The Kier molecular flexibility index (Phi) is 18.8. The quantitative estimate of drug-likeness (QED) is 0.170. The zero-order valence-corrected chi connectivity index (χ0v) is 22.3. The van der Waals surface area contributed by atoms with Gasteiger partial charge in [0, 0.05) is 6.61 Å². The number of rotatable bonds is 22. The molecule has 0 aliphatic rings. The maximum absolute atomic E-state index is 9.64. The van der Waals surface area contributed by atoms with Gasteiger partial charge in [0.2, 0.25) is 0 Å². The number of hydrogen-bond acceptors (Lipinski definition) is 5. The van der Waals surface area contributed by atoms with Crippen molar-refractivity contribution in [2.75, 3.05) is 19.8 Å². The predicted molar refractivity (Wildman–Crippen MR) is 142 cm³/mol. The lowest BCUT2D eigenvalue weighted by molar-refractivity contribution is 0.0186. The molecule has 0 radical (unpaired) electrons. The highest BCUT2D eigenvalue weighted by atomic mass is 16.5. The van der Waals surface area contributed by atoms with Crippen LogP contribution in [0.25, 0.3) is 0 Å². The zero-order chi connectivity index (χ0) is 25.6. The predicted octanol–water partition coefficient (Wildman–Crippen LogP) is 7.76. The second-order valence-electron chi connectivity index (χ2n) is 9.71. The van der Waals surface area contributed by atoms with E-state index in [2.05, 4.69) is 19.1 Å². The molecule has 1 N–H and O–H groups in total. The van der Waals surface area contributed by atoms with Crippen LogP contribution in [0.4, 0.5) is 0 Å². The minimum Gasteiger partial charge on any atom is -0.483 e. The third-order valence-electron chi connectivity index (χ3n) is 6.41. The van der Waals surface area contributed by atoms with Crippen LogP contribution in [0.5, 0.6) is 5.75 Å². The van der Waals surface area contributed by atoms with Gasteiger partial charge in [-0.1, -0.05) is 103 Å². The van der Waals surface area contributed by atoms with Gasteiger partial charge >= 0.3 is 0 Å². The van der Waals surface area contributed by atoms with E-state index in [4.69, 9.17) is 9.47 Å². The highest BCUT2D eigenvalue weighted by molar-refractivity contribution is 5.55. The molecule has 0 saturated carbocycles. The Morgan fingerprint density at radius 2 is 1.17 bits per heavy atom. The molecule has 1 rings (SSSR count). The minimum atomic E-state index is -0.599. The van der Waals surface area contributed by atoms with Crippen molar-refractivity contribution in [2.45, 2.75) is 123 Å². The second kappa shape index (κ2) is 21.2. The Morgan fingerprint density at radius 1 is 0.743 bits per heavy atom. The molecule has 0 aliphatic heterocycles. The van der Waals surface area contributed by atoms with E-state index < -0.39 is 6.10 Å². The largest absolute Gasteiger partial charge is 0.483 e. The Balaban J connectivity index is 2.02. The summed E-state index contributed by atoms with van der Waals surface area (Å²) >= 11 is 0. The highest BCUT2D eigenvalue weighted by Gasteiger charge is 2.17. The topological polar surface area (TPSA) is 86.3 Å². The fourth-order valence-electron chi connectivity index (χ4n) is 4.32. The average Bonchev–Trinajstić information content (AvgIpc) is 2.87. The number of unbranched alkanes of at least 4 members (excludes halogenated alkanes) is 15. The van der Waals surface area contributed by atoms with Crippen molar-refractivity contribution in [3.63, 3.8) is 0 Å². The van der Waals surface area contributed by atoms with Gasteiger partial charge in [0.05, 0.1) is 24.3 Å². The van der Waals surface area contributed by atoms with Crippen LogP contribution in [0.1, 0.15) is 126 Å². The van der Waals surface area contributed by atoms with E-state index in [-0.39, 0.29) is 19.0 Å². The molecule has 1 unspecified atom stereocenters. The van der Waals surface area contributed by atoms with Gasteiger partial charge in [0.25, 0.3) is 0 Å². The van der Waals surface area contributed by atoms with E-state index in [9.17, 15) is 15.6 Å². The second-order valence-corrected chi connectivity index (χ2v) is 9.71. The average molecular weight is 485 g/mol. The van der Waals surface area contributed by atoms with Crippen LogP contribution in [0.2, 0.25) is 0 Å². The van der Waals surface area contributed by atoms with Crippen LogP contribution in [-0.2, 0) is 4.74 Å². The fraction of sp³-hybridized carbons (Fsp3) is 0.733. The van der Waals surface area contributed by atoms with E-state index in [1.807, 2.05) is 6.92 Å². The van der Waals surface area contributed by atoms with Gasteiger partial charge in [-0.3, -0.25) is 0 Å². The minimum absolute atomic E-state index is 0.227. The smallest absolute Gasteiger partial charge is 0.155 e. The molecule has 0 aromatic heterocycles. The number of aliphatic hydroxyl groups excluding tert-OH is 1. The first-order valence-electron chi connectivity index (χ1n) is 14.0. The monoisotopic (exact) mass is 484 g/mol. The molecule has 5 nitrogen and oxygen atoms in total. The van der Waals surface area contributed by atoms with Crippen molar-refractivity contribution < 1.29 is 14.6 Å². The number of nitrogens with zero attached hydrogens (tertiary/aromatic N) is 2. The van der Waals surface area contributed by atoms with Gasteiger partial charge in [-0.2, -0.15) is 10.5 Å². The number of hydrogen-bond donors (Lipinski definition) is 1. The molecule has 0 saturated heterocycles. The lowest BCUT2D eigenvalue weighted by Crippen LogP contribution is -2.28. The molecular weight excluding hydrogens is 436 g/mol. The maximum Gasteiger partial charge on any atom is 0.155 e. The van der Waals surface area contributed by atoms with Gasteiger partial charge in [-0.15, -0.1) is 0 Å². The van der Waals surface area contributed by atoms with Crippen LogP contribution >= 0.6 is 0 Å². The Hall–Kier alpha value is -2.08. The fourth-order valence-corrected chi connectivity index (χ4v) is 4.32. The summed E-state index contributed by atoms with van der Waals surface area (Å²) in [6, 6.07) is 7.50. The molecule has 0 fully saturated rings.